The van der Waals surface area contributed by atoms with E-state index in [0.29, 0.717) is 19.1 Å². The number of carbonyl (C=O) groups is 1. The smallest absolute Gasteiger partial charge is 0.243 e. The number of benzene rings is 1. The first-order chi connectivity index (χ1) is 8.93. The fourth-order valence-corrected chi connectivity index (χ4v) is 1.33. The molecule has 0 spiro atoms. The molecular formula is C11H7F5N2O. The fraction of sp³-hybridized carbons (Fsp3) is 0.273. The summed E-state index contributed by atoms with van der Waals surface area (Å²) in [4.78, 5) is 11.1. The lowest BCUT2D eigenvalue weighted by molar-refractivity contribution is -0.122. The standard InChI is InChI=1S/C11H7F5N2O/c12-6-5(3-17-18-11(19)4-1-2-4)7(13)9(15)10(16)8(6)14/h3-4H,1-2H2,(H,18,19)/b17-3+. The van der Waals surface area contributed by atoms with E-state index in [-0.39, 0.29) is 5.92 Å². The van der Waals surface area contributed by atoms with Crippen LogP contribution in [-0.4, -0.2) is 12.1 Å². The van der Waals surface area contributed by atoms with Crippen molar-refractivity contribution in [3.05, 3.63) is 34.6 Å². The zero-order valence-corrected chi connectivity index (χ0v) is 9.31. The van der Waals surface area contributed by atoms with E-state index in [1.54, 1.807) is 0 Å². The highest BCUT2D eigenvalue weighted by atomic mass is 19.2. The highest BCUT2D eigenvalue weighted by molar-refractivity contribution is 5.84. The molecule has 0 unspecified atom stereocenters. The van der Waals surface area contributed by atoms with Crippen molar-refractivity contribution in [1.29, 1.82) is 0 Å². The molecule has 3 nitrogen and oxygen atoms in total. The summed E-state index contributed by atoms with van der Waals surface area (Å²) in [6, 6.07) is 0. The molecule has 0 aromatic heterocycles. The number of hydrazone groups is 1. The Hall–Kier alpha value is -1.99. The predicted octanol–water partition coefficient (Wildman–Crippen LogP) is 2.24. The Labute approximate surface area is 104 Å². The molecule has 1 aliphatic carbocycles. The Balaban J connectivity index is 2.24. The van der Waals surface area contributed by atoms with Crippen molar-refractivity contribution in [2.24, 2.45) is 11.0 Å². The summed E-state index contributed by atoms with van der Waals surface area (Å²) in [6.07, 6.45) is 1.75. The first-order valence-corrected chi connectivity index (χ1v) is 5.27. The number of hydrogen-bond acceptors (Lipinski definition) is 2. The zero-order valence-electron chi connectivity index (χ0n) is 9.31. The van der Waals surface area contributed by atoms with Crippen LogP contribution in [0.5, 0.6) is 0 Å². The van der Waals surface area contributed by atoms with Gasteiger partial charge >= 0.3 is 0 Å². The Kier molecular flexibility index (Phi) is 3.50. The monoisotopic (exact) mass is 278 g/mol. The second kappa shape index (κ2) is 4.94. The predicted molar refractivity (Wildman–Crippen MR) is 54.7 cm³/mol. The lowest BCUT2D eigenvalue weighted by Gasteiger charge is -2.03. The number of amides is 1. The quantitative estimate of drug-likeness (QED) is 0.297. The van der Waals surface area contributed by atoms with E-state index in [2.05, 4.69) is 5.10 Å². The largest absolute Gasteiger partial charge is 0.273 e. The molecule has 1 aromatic carbocycles. The highest BCUT2D eigenvalue weighted by Gasteiger charge is 2.29. The Morgan fingerprint density at radius 3 is 1.95 bits per heavy atom. The van der Waals surface area contributed by atoms with Crippen molar-refractivity contribution >= 4 is 12.1 Å². The Bertz CT molecular complexity index is 540. The topological polar surface area (TPSA) is 41.5 Å². The van der Waals surface area contributed by atoms with Crippen molar-refractivity contribution in [3.63, 3.8) is 0 Å². The van der Waals surface area contributed by atoms with Gasteiger partial charge in [0.25, 0.3) is 0 Å². The van der Waals surface area contributed by atoms with Gasteiger partial charge in [0.05, 0.1) is 11.8 Å². The Morgan fingerprint density at radius 2 is 1.47 bits per heavy atom. The molecule has 1 fully saturated rings. The summed E-state index contributed by atoms with van der Waals surface area (Å²) in [5.74, 6) is -11.0. The normalized spacial score (nSPS) is 15.0. The number of halogens is 5. The fourth-order valence-electron chi connectivity index (χ4n) is 1.33. The van der Waals surface area contributed by atoms with Gasteiger partial charge in [-0.2, -0.15) is 5.10 Å². The Morgan fingerprint density at radius 1 is 1.00 bits per heavy atom. The van der Waals surface area contributed by atoms with E-state index >= 15 is 0 Å². The van der Waals surface area contributed by atoms with Gasteiger partial charge in [0.15, 0.2) is 23.3 Å². The first-order valence-electron chi connectivity index (χ1n) is 5.27. The van der Waals surface area contributed by atoms with Crippen molar-refractivity contribution in [2.45, 2.75) is 12.8 Å². The molecule has 0 heterocycles. The molecule has 1 saturated carbocycles. The highest BCUT2D eigenvalue weighted by Crippen LogP contribution is 2.28. The maximum absolute atomic E-state index is 13.2. The van der Waals surface area contributed by atoms with Crippen LogP contribution in [-0.2, 0) is 4.79 Å². The first kappa shape index (κ1) is 13.4. The van der Waals surface area contributed by atoms with E-state index in [0.717, 1.165) is 0 Å². The second-order valence-electron chi connectivity index (χ2n) is 3.99. The second-order valence-corrected chi connectivity index (χ2v) is 3.99. The van der Waals surface area contributed by atoms with Crippen LogP contribution in [0.3, 0.4) is 0 Å². The number of carbonyl (C=O) groups excluding carboxylic acids is 1. The molecule has 102 valence electrons. The molecule has 1 aliphatic rings. The van der Waals surface area contributed by atoms with Gasteiger partial charge in [0.2, 0.25) is 11.7 Å². The average molecular weight is 278 g/mol. The van der Waals surface area contributed by atoms with Gasteiger partial charge < -0.3 is 0 Å². The van der Waals surface area contributed by atoms with Crippen LogP contribution in [0.2, 0.25) is 0 Å². The molecule has 8 heteroatoms. The van der Waals surface area contributed by atoms with Crippen LogP contribution >= 0.6 is 0 Å². The lowest BCUT2D eigenvalue weighted by Crippen LogP contribution is -2.19. The number of rotatable bonds is 3. The third-order valence-corrected chi connectivity index (χ3v) is 2.56. The summed E-state index contributed by atoms with van der Waals surface area (Å²) in [7, 11) is 0. The number of nitrogens with zero attached hydrogens (tertiary/aromatic N) is 1. The molecule has 0 aliphatic heterocycles. The van der Waals surface area contributed by atoms with Crippen LogP contribution in [0.25, 0.3) is 0 Å². The van der Waals surface area contributed by atoms with E-state index < -0.39 is 40.6 Å². The maximum Gasteiger partial charge on any atom is 0.243 e. The van der Waals surface area contributed by atoms with Crippen molar-refractivity contribution in [3.8, 4) is 0 Å². The summed E-state index contributed by atoms with van der Waals surface area (Å²) in [5, 5.41) is 3.18. The van der Waals surface area contributed by atoms with Crippen LogP contribution in [0, 0.1) is 35.0 Å². The third kappa shape index (κ3) is 2.56. The van der Waals surface area contributed by atoms with Gasteiger partial charge in [0.1, 0.15) is 0 Å². The van der Waals surface area contributed by atoms with Gasteiger partial charge in [-0.05, 0) is 12.8 Å². The summed E-state index contributed by atoms with van der Waals surface area (Å²) in [5.41, 5.74) is 0.758. The minimum Gasteiger partial charge on any atom is -0.273 e. The van der Waals surface area contributed by atoms with E-state index in [4.69, 9.17) is 0 Å². The SMILES string of the molecule is O=C(N/N=C/c1c(F)c(F)c(F)c(F)c1F)C1CC1. The molecule has 19 heavy (non-hydrogen) atoms. The molecule has 0 atom stereocenters. The average Bonchev–Trinajstić information content (AvgIpc) is 3.22. The molecule has 1 N–H and O–H groups in total. The number of hydrogen-bond donors (Lipinski definition) is 1. The van der Waals surface area contributed by atoms with Crippen LogP contribution in [0.4, 0.5) is 22.0 Å². The van der Waals surface area contributed by atoms with Crippen LogP contribution in [0.15, 0.2) is 5.10 Å². The van der Waals surface area contributed by atoms with Gasteiger partial charge in [-0.25, -0.2) is 27.4 Å². The lowest BCUT2D eigenvalue weighted by atomic mass is 10.2. The molecule has 0 bridgehead atoms. The van der Waals surface area contributed by atoms with Gasteiger partial charge in [0, 0.05) is 5.92 Å². The van der Waals surface area contributed by atoms with Crippen molar-refractivity contribution in [1.82, 2.24) is 5.43 Å². The summed E-state index contributed by atoms with van der Waals surface area (Å²) >= 11 is 0. The summed E-state index contributed by atoms with van der Waals surface area (Å²) in [6.45, 7) is 0. The van der Waals surface area contributed by atoms with Crippen molar-refractivity contribution in [2.75, 3.05) is 0 Å². The van der Waals surface area contributed by atoms with E-state index in [1.807, 2.05) is 5.43 Å². The molecule has 1 amide bonds. The third-order valence-electron chi connectivity index (χ3n) is 2.56. The molecule has 1 aromatic rings. The van der Waals surface area contributed by atoms with Crippen molar-refractivity contribution < 1.29 is 26.7 Å². The van der Waals surface area contributed by atoms with Crippen LogP contribution in [0.1, 0.15) is 18.4 Å². The number of nitrogens with one attached hydrogen (secondary N) is 1. The zero-order chi connectivity index (χ0) is 14.2. The molecule has 0 saturated heterocycles. The molecular weight excluding hydrogens is 271 g/mol. The molecule has 2 rings (SSSR count). The van der Waals surface area contributed by atoms with Crippen LogP contribution < -0.4 is 5.43 Å². The minimum atomic E-state index is -2.24. The minimum absolute atomic E-state index is 0.200. The van der Waals surface area contributed by atoms with Gasteiger partial charge in [-0.3, -0.25) is 4.79 Å². The van der Waals surface area contributed by atoms with E-state index in [9.17, 15) is 26.7 Å². The van der Waals surface area contributed by atoms with E-state index in [1.165, 1.54) is 0 Å². The van der Waals surface area contributed by atoms with Gasteiger partial charge in [-0.15, -0.1) is 0 Å². The molecule has 0 radical (unpaired) electrons. The summed E-state index contributed by atoms with van der Waals surface area (Å²) < 4.78 is 64.7. The van der Waals surface area contributed by atoms with Gasteiger partial charge in [-0.1, -0.05) is 0 Å². The maximum atomic E-state index is 13.2.